The maximum Gasteiger partial charge on any atom is 0.0525 e. The second-order valence-electron chi connectivity index (χ2n) is 5.74. The van der Waals surface area contributed by atoms with Gasteiger partial charge in [-0.3, -0.25) is 0 Å². The summed E-state index contributed by atoms with van der Waals surface area (Å²) in [5.74, 6) is 0.684. The Balaban J connectivity index is 0.00000225. The van der Waals surface area contributed by atoms with Crippen molar-refractivity contribution in [3.05, 3.63) is 0 Å². The van der Waals surface area contributed by atoms with Gasteiger partial charge < -0.3 is 15.4 Å². The van der Waals surface area contributed by atoms with E-state index in [2.05, 4.69) is 25.7 Å². The van der Waals surface area contributed by atoms with Crippen molar-refractivity contribution >= 4 is 12.4 Å². The van der Waals surface area contributed by atoms with Crippen LogP contribution in [0.4, 0.5) is 0 Å². The van der Waals surface area contributed by atoms with Crippen molar-refractivity contribution in [3.63, 3.8) is 0 Å². The summed E-state index contributed by atoms with van der Waals surface area (Å²) < 4.78 is 5.24. The Labute approximate surface area is 106 Å². The fraction of sp³-hybridized carbons (Fsp3) is 1.00. The lowest BCUT2D eigenvalue weighted by molar-refractivity contribution is 0.0755. The van der Waals surface area contributed by atoms with Gasteiger partial charge in [-0.05, 0) is 25.8 Å². The van der Waals surface area contributed by atoms with Crippen LogP contribution in [0.2, 0.25) is 0 Å². The van der Waals surface area contributed by atoms with Gasteiger partial charge in [0, 0.05) is 31.7 Å². The molecule has 0 aliphatic carbocycles. The molecule has 0 spiro atoms. The monoisotopic (exact) mass is 250 g/mol. The molecule has 3 nitrogen and oxygen atoms in total. The molecule has 2 N–H and O–H groups in total. The predicted molar refractivity (Wildman–Crippen MR) is 71.1 cm³/mol. The van der Waals surface area contributed by atoms with Crippen molar-refractivity contribution in [1.29, 1.82) is 0 Å². The second-order valence-corrected chi connectivity index (χ2v) is 5.74. The van der Waals surface area contributed by atoms with E-state index >= 15 is 0 Å². The molecule has 0 bridgehead atoms. The van der Waals surface area contributed by atoms with Gasteiger partial charge in [0.2, 0.25) is 0 Å². The zero-order chi connectivity index (χ0) is 11.5. The average Bonchev–Trinajstić information content (AvgIpc) is 2.51. The first-order chi connectivity index (χ1) is 6.94. The number of halogens is 1. The highest BCUT2D eigenvalue weighted by molar-refractivity contribution is 5.85. The fourth-order valence-electron chi connectivity index (χ4n) is 2.48. The highest BCUT2D eigenvalue weighted by Gasteiger charge is 2.29. The van der Waals surface area contributed by atoms with Crippen molar-refractivity contribution in [1.82, 2.24) is 4.90 Å². The lowest BCUT2D eigenvalue weighted by Gasteiger charge is -2.29. The van der Waals surface area contributed by atoms with E-state index in [0.29, 0.717) is 12.0 Å². The normalized spacial score (nSPS) is 24.2. The third kappa shape index (κ3) is 5.00. The van der Waals surface area contributed by atoms with Crippen LogP contribution in [-0.4, -0.2) is 44.3 Å². The smallest absolute Gasteiger partial charge is 0.0525 e. The maximum absolute atomic E-state index is 5.93. The Kier molecular flexibility index (Phi) is 6.87. The molecule has 1 aliphatic heterocycles. The van der Waals surface area contributed by atoms with Gasteiger partial charge in [0.05, 0.1) is 6.61 Å². The van der Waals surface area contributed by atoms with Gasteiger partial charge in [0.1, 0.15) is 0 Å². The van der Waals surface area contributed by atoms with Crippen LogP contribution >= 0.6 is 12.4 Å². The van der Waals surface area contributed by atoms with Crippen LogP contribution in [-0.2, 0) is 4.74 Å². The molecular formula is C12H27ClN2O. The Morgan fingerprint density at radius 1 is 1.50 bits per heavy atom. The molecule has 98 valence electrons. The number of rotatable bonds is 5. The minimum atomic E-state index is 0. The molecule has 0 radical (unpaired) electrons. The van der Waals surface area contributed by atoms with Crippen molar-refractivity contribution in [3.8, 4) is 0 Å². The maximum atomic E-state index is 5.93. The van der Waals surface area contributed by atoms with Gasteiger partial charge in [0.15, 0.2) is 0 Å². The van der Waals surface area contributed by atoms with Crippen molar-refractivity contribution in [2.24, 2.45) is 17.1 Å². The third-order valence-electron chi connectivity index (χ3n) is 3.24. The van der Waals surface area contributed by atoms with Gasteiger partial charge >= 0.3 is 0 Å². The quantitative estimate of drug-likeness (QED) is 0.808. The van der Waals surface area contributed by atoms with Crippen LogP contribution < -0.4 is 5.73 Å². The fourth-order valence-corrected chi connectivity index (χ4v) is 2.48. The molecule has 2 atom stereocenters. The molecule has 0 aromatic heterocycles. The Morgan fingerprint density at radius 2 is 2.12 bits per heavy atom. The summed E-state index contributed by atoms with van der Waals surface area (Å²) >= 11 is 0. The largest absolute Gasteiger partial charge is 0.384 e. The summed E-state index contributed by atoms with van der Waals surface area (Å²) in [5, 5.41) is 0. The summed E-state index contributed by atoms with van der Waals surface area (Å²) in [6.07, 6.45) is 1.25. The number of likely N-dealkylation sites (tertiary alicyclic amines) is 1. The minimum Gasteiger partial charge on any atom is -0.384 e. The zero-order valence-electron chi connectivity index (χ0n) is 11.0. The van der Waals surface area contributed by atoms with E-state index in [1.165, 1.54) is 13.0 Å². The molecule has 1 heterocycles. The summed E-state index contributed by atoms with van der Waals surface area (Å²) in [6, 6.07) is 0.334. The van der Waals surface area contributed by atoms with Crippen LogP contribution in [0.3, 0.4) is 0 Å². The summed E-state index contributed by atoms with van der Waals surface area (Å²) in [7, 11) is 1.77. The topological polar surface area (TPSA) is 38.5 Å². The summed E-state index contributed by atoms with van der Waals surface area (Å²) in [6.45, 7) is 10.9. The number of ether oxygens (including phenoxy) is 1. The van der Waals surface area contributed by atoms with Crippen LogP contribution in [0.25, 0.3) is 0 Å². The van der Waals surface area contributed by atoms with E-state index in [1.54, 1.807) is 7.11 Å². The van der Waals surface area contributed by atoms with Gasteiger partial charge in [0.25, 0.3) is 0 Å². The molecular weight excluding hydrogens is 224 g/mol. The lowest BCUT2D eigenvalue weighted by atomic mass is 9.94. The van der Waals surface area contributed by atoms with Gasteiger partial charge in [-0.25, -0.2) is 0 Å². The van der Waals surface area contributed by atoms with E-state index in [-0.39, 0.29) is 17.8 Å². The molecule has 16 heavy (non-hydrogen) atoms. The molecule has 0 saturated carbocycles. The van der Waals surface area contributed by atoms with Gasteiger partial charge in [-0.15, -0.1) is 12.4 Å². The first-order valence-corrected chi connectivity index (χ1v) is 5.91. The van der Waals surface area contributed by atoms with Gasteiger partial charge in [-0.2, -0.15) is 0 Å². The molecule has 4 heteroatoms. The molecule has 1 aliphatic rings. The molecule has 0 aromatic rings. The number of nitrogens with two attached hydrogens (primary N) is 1. The van der Waals surface area contributed by atoms with E-state index < -0.39 is 0 Å². The van der Waals surface area contributed by atoms with Crippen LogP contribution in [0.1, 0.15) is 27.2 Å². The summed E-state index contributed by atoms with van der Waals surface area (Å²) in [5.41, 5.74) is 6.18. The predicted octanol–water partition coefficient (Wildman–Crippen LogP) is 1.75. The molecule has 0 aromatic carbocycles. The standard InChI is InChI=1S/C12H26N2O.ClH/c1-10(13)11-5-6-14(7-11)8-12(2,3)9-15-4;/h10-11H,5-9,13H2,1-4H3;1H. The number of hydrogen-bond donors (Lipinski definition) is 1. The first kappa shape index (κ1) is 16.2. The van der Waals surface area contributed by atoms with E-state index in [9.17, 15) is 0 Å². The van der Waals surface area contributed by atoms with Crippen molar-refractivity contribution in [2.75, 3.05) is 33.4 Å². The Hall–Kier alpha value is 0.170. The van der Waals surface area contributed by atoms with Crippen LogP contribution in [0.15, 0.2) is 0 Å². The van der Waals surface area contributed by atoms with E-state index in [1.807, 2.05) is 0 Å². The SMILES string of the molecule is COCC(C)(C)CN1CCC(C(C)N)C1.Cl. The number of methoxy groups -OCH3 is 1. The van der Waals surface area contributed by atoms with Crippen molar-refractivity contribution < 1.29 is 4.74 Å². The summed E-state index contributed by atoms with van der Waals surface area (Å²) in [4.78, 5) is 2.52. The second kappa shape index (κ2) is 6.80. The molecule has 1 fully saturated rings. The van der Waals surface area contributed by atoms with Gasteiger partial charge in [-0.1, -0.05) is 13.8 Å². The number of hydrogen-bond acceptors (Lipinski definition) is 3. The van der Waals surface area contributed by atoms with Crippen LogP contribution in [0, 0.1) is 11.3 Å². The highest BCUT2D eigenvalue weighted by Crippen LogP contribution is 2.24. The minimum absolute atomic E-state index is 0. The molecule has 0 amide bonds. The molecule has 2 unspecified atom stereocenters. The number of nitrogens with zero attached hydrogens (tertiary/aromatic N) is 1. The average molecular weight is 251 g/mol. The molecule has 1 saturated heterocycles. The molecule has 1 rings (SSSR count). The first-order valence-electron chi connectivity index (χ1n) is 5.91. The lowest BCUT2D eigenvalue weighted by Crippen LogP contribution is -2.37. The Morgan fingerprint density at radius 3 is 2.56 bits per heavy atom. The van der Waals surface area contributed by atoms with E-state index in [4.69, 9.17) is 10.5 Å². The Bertz CT molecular complexity index is 197. The highest BCUT2D eigenvalue weighted by atomic mass is 35.5. The van der Waals surface area contributed by atoms with Crippen LogP contribution in [0.5, 0.6) is 0 Å². The zero-order valence-corrected chi connectivity index (χ0v) is 11.8. The van der Waals surface area contributed by atoms with Crippen molar-refractivity contribution in [2.45, 2.75) is 33.2 Å². The van der Waals surface area contributed by atoms with E-state index in [0.717, 1.165) is 19.7 Å². The third-order valence-corrected chi connectivity index (χ3v) is 3.24.